The van der Waals surface area contributed by atoms with Crippen molar-refractivity contribution in [2.45, 2.75) is 70.8 Å². The molecule has 0 spiro atoms. The molecular weight excluding hydrogens is 420 g/mol. The zero-order valence-electron chi connectivity index (χ0n) is 19.5. The van der Waals surface area contributed by atoms with Crippen molar-refractivity contribution >= 4 is 17.4 Å². The van der Waals surface area contributed by atoms with Crippen molar-refractivity contribution in [1.82, 2.24) is 20.1 Å². The largest absolute Gasteiger partial charge is 0.508 e. The first kappa shape index (κ1) is 22.8. The number of carbonyl (C=O) groups excluding carboxylic acids is 1. The van der Waals surface area contributed by atoms with E-state index in [4.69, 9.17) is 10.5 Å². The van der Waals surface area contributed by atoms with E-state index in [9.17, 15) is 9.90 Å². The zero-order valence-corrected chi connectivity index (χ0v) is 19.5. The van der Waals surface area contributed by atoms with Gasteiger partial charge in [-0.15, -0.1) is 10.2 Å². The first-order chi connectivity index (χ1) is 15.9. The van der Waals surface area contributed by atoms with Crippen LogP contribution in [-0.4, -0.2) is 44.8 Å². The van der Waals surface area contributed by atoms with Gasteiger partial charge in [0.1, 0.15) is 11.5 Å². The topological polar surface area (TPSA) is 128 Å². The predicted molar refractivity (Wildman–Crippen MR) is 127 cm³/mol. The van der Waals surface area contributed by atoms with Gasteiger partial charge in [0.15, 0.2) is 5.82 Å². The third-order valence-corrected chi connectivity index (χ3v) is 6.32. The average Bonchev–Trinajstić information content (AvgIpc) is 3.25. The summed E-state index contributed by atoms with van der Waals surface area (Å²) in [6, 6.07) is 3.57. The second kappa shape index (κ2) is 9.64. The Bertz CT molecular complexity index is 1100. The van der Waals surface area contributed by atoms with Gasteiger partial charge in [-0.05, 0) is 36.8 Å². The number of nitrogens with zero attached hydrogens (tertiary/aromatic N) is 4. The number of carbonyl (C=O) groups is 1. The summed E-state index contributed by atoms with van der Waals surface area (Å²) in [5.41, 5.74) is 8.05. The lowest BCUT2D eigenvalue weighted by Crippen LogP contribution is -2.37. The fourth-order valence-electron chi connectivity index (χ4n) is 4.48. The number of phenols is 1. The van der Waals surface area contributed by atoms with Gasteiger partial charge in [-0.25, -0.2) is 4.99 Å². The molecule has 0 saturated heterocycles. The van der Waals surface area contributed by atoms with E-state index >= 15 is 0 Å². The number of ether oxygens (including phenoxy) is 1. The number of allylic oxidation sites excluding steroid dienone is 1. The van der Waals surface area contributed by atoms with Crippen LogP contribution in [0.5, 0.6) is 11.5 Å². The number of nitrogens with two attached hydrogens (primary N) is 1. The number of amides is 1. The van der Waals surface area contributed by atoms with Crippen LogP contribution in [0.2, 0.25) is 0 Å². The molecule has 1 aromatic carbocycles. The molecule has 1 aromatic heterocycles. The lowest BCUT2D eigenvalue weighted by atomic mass is 9.95. The molecule has 1 aliphatic heterocycles. The molecule has 0 bridgehead atoms. The number of hydrogen-bond donors (Lipinski definition) is 3. The van der Waals surface area contributed by atoms with E-state index in [1.165, 1.54) is 13.5 Å². The molecule has 4 N–H and O–H groups in total. The smallest absolute Gasteiger partial charge is 0.289 e. The molecule has 0 atom stereocenters. The number of aromatic nitrogens is 3. The highest BCUT2D eigenvalue weighted by Gasteiger charge is 2.28. The minimum atomic E-state index is -0.258. The average molecular weight is 453 g/mol. The monoisotopic (exact) mass is 452 g/mol. The van der Waals surface area contributed by atoms with Crippen LogP contribution in [0.25, 0.3) is 17.1 Å². The zero-order chi connectivity index (χ0) is 23.5. The van der Waals surface area contributed by atoms with Crippen LogP contribution in [-0.2, 0) is 0 Å². The second-order valence-corrected chi connectivity index (χ2v) is 9.00. The maximum Gasteiger partial charge on any atom is 0.289 e. The van der Waals surface area contributed by atoms with Crippen molar-refractivity contribution in [1.29, 1.82) is 0 Å². The normalized spacial score (nSPS) is 17.0. The van der Waals surface area contributed by atoms with Crippen molar-refractivity contribution in [3.05, 3.63) is 29.7 Å². The van der Waals surface area contributed by atoms with Crippen molar-refractivity contribution in [3.63, 3.8) is 0 Å². The highest BCUT2D eigenvalue weighted by atomic mass is 16.5. The Morgan fingerprint density at radius 1 is 1.21 bits per heavy atom. The van der Waals surface area contributed by atoms with Crippen LogP contribution in [0.3, 0.4) is 0 Å². The Morgan fingerprint density at radius 2 is 1.97 bits per heavy atom. The molecule has 2 aliphatic rings. The van der Waals surface area contributed by atoms with E-state index in [1.807, 2.05) is 19.9 Å². The fourth-order valence-corrected chi connectivity index (χ4v) is 4.48. The quantitative estimate of drug-likeness (QED) is 0.612. The number of nitrogens with one attached hydrogen (secondary N) is 1. The van der Waals surface area contributed by atoms with Gasteiger partial charge in [-0.3, -0.25) is 9.36 Å². The first-order valence-electron chi connectivity index (χ1n) is 11.6. The molecule has 1 aliphatic carbocycles. The summed E-state index contributed by atoms with van der Waals surface area (Å²) in [6.45, 7) is 4.00. The van der Waals surface area contributed by atoms with Crippen molar-refractivity contribution in [2.75, 3.05) is 7.11 Å². The molecule has 0 radical (unpaired) electrons. The molecule has 0 unspecified atom stereocenters. The summed E-state index contributed by atoms with van der Waals surface area (Å²) in [5, 5.41) is 22.3. The van der Waals surface area contributed by atoms with Crippen molar-refractivity contribution < 1.29 is 14.6 Å². The van der Waals surface area contributed by atoms with Gasteiger partial charge >= 0.3 is 0 Å². The molecule has 2 aromatic rings. The van der Waals surface area contributed by atoms with E-state index in [0.717, 1.165) is 36.9 Å². The molecule has 2 heterocycles. The molecule has 1 saturated carbocycles. The lowest BCUT2D eigenvalue weighted by Gasteiger charge is -2.23. The Balaban J connectivity index is 1.83. The SMILES string of the molecule is COc1cc(O)c(C(C)C)cc1-c1nnc(C(=O)NC2CCCCC2)n1C1=CN=C(N)CC1. The molecule has 9 heteroatoms. The molecular formula is C24H32N6O3. The molecule has 1 fully saturated rings. The summed E-state index contributed by atoms with van der Waals surface area (Å²) in [7, 11) is 1.54. The van der Waals surface area contributed by atoms with Gasteiger partial charge in [-0.2, -0.15) is 0 Å². The number of phenolic OH excluding ortho intramolecular Hbond substituents is 1. The Kier molecular flexibility index (Phi) is 6.67. The maximum absolute atomic E-state index is 13.3. The third-order valence-electron chi connectivity index (χ3n) is 6.32. The summed E-state index contributed by atoms with van der Waals surface area (Å²) >= 11 is 0. The minimum Gasteiger partial charge on any atom is -0.508 e. The van der Waals surface area contributed by atoms with Crippen LogP contribution in [0.15, 0.2) is 23.3 Å². The van der Waals surface area contributed by atoms with Crippen LogP contribution in [0, 0.1) is 0 Å². The lowest BCUT2D eigenvalue weighted by molar-refractivity contribution is 0.0915. The number of aromatic hydroxyl groups is 1. The van der Waals surface area contributed by atoms with E-state index in [0.29, 0.717) is 35.8 Å². The Morgan fingerprint density at radius 3 is 2.61 bits per heavy atom. The van der Waals surface area contributed by atoms with Gasteiger partial charge in [0, 0.05) is 30.4 Å². The highest BCUT2D eigenvalue weighted by Crippen LogP contribution is 2.39. The first-order valence-corrected chi connectivity index (χ1v) is 11.6. The summed E-state index contributed by atoms with van der Waals surface area (Å²) in [6.07, 6.45) is 8.23. The van der Waals surface area contributed by atoms with E-state index in [1.54, 1.807) is 16.8 Å². The van der Waals surface area contributed by atoms with Gasteiger partial charge in [0.25, 0.3) is 5.91 Å². The van der Waals surface area contributed by atoms with Gasteiger partial charge in [0.2, 0.25) is 5.82 Å². The van der Waals surface area contributed by atoms with Crippen LogP contribution in [0.1, 0.15) is 80.9 Å². The van der Waals surface area contributed by atoms with Crippen LogP contribution in [0.4, 0.5) is 0 Å². The minimum absolute atomic E-state index is 0.0818. The number of rotatable bonds is 6. The van der Waals surface area contributed by atoms with Gasteiger partial charge < -0.3 is 20.9 Å². The number of amidine groups is 1. The maximum atomic E-state index is 13.3. The fraction of sp³-hybridized carbons (Fsp3) is 0.500. The second-order valence-electron chi connectivity index (χ2n) is 9.00. The molecule has 4 rings (SSSR count). The summed E-state index contributed by atoms with van der Waals surface area (Å²) < 4.78 is 7.30. The number of hydrogen-bond acceptors (Lipinski definition) is 7. The summed E-state index contributed by atoms with van der Waals surface area (Å²) in [4.78, 5) is 17.5. The number of aliphatic imine (C=N–C) groups is 1. The van der Waals surface area contributed by atoms with E-state index in [-0.39, 0.29) is 29.4 Å². The Labute approximate surface area is 193 Å². The Hall–Kier alpha value is -3.36. The molecule has 9 nitrogen and oxygen atoms in total. The van der Waals surface area contributed by atoms with Gasteiger partial charge in [0.05, 0.1) is 18.5 Å². The standard InChI is InChI=1S/C24H32N6O3/c1-14(2)17-11-18(20(33-3)12-19(17)31)22-28-29-23(24(32)27-15-7-5-4-6-8-15)30(22)16-9-10-21(25)26-13-16/h11-15,31H,4-10H2,1-3H3,(H2,25,26)(H,27,32). The van der Waals surface area contributed by atoms with Crippen molar-refractivity contribution in [3.8, 4) is 22.9 Å². The van der Waals surface area contributed by atoms with Crippen LogP contribution < -0.4 is 15.8 Å². The summed E-state index contributed by atoms with van der Waals surface area (Å²) in [5.74, 6) is 1.64. The van der Waals surface area contributed by atoms with Crippen LogP contribution >= 0.6 is 0 Å². The van der Waals surface area contributed by atoms with E-state index in [2.05, 4.69) is 20.5 Å². The number of methoxy groups -OCH3 is 1. The molecule has 1 amide bonds. The highest BCUT2D eigenvalue weighted by molar-refractivity contribution is 5.94. The van der Waals surface area contributed by atoms with Crippen molar-refractivity contribution in [2.24, 2.45) is 10.7 Å². The number of benzene rings is 1. The molecule has 33 heavy (non-hydrogen) atoms. The molecule has 176 valence electrons. The third kappa shape index (κ3) is 4.72. The van der Waals surface area contributed by atoms with E-state index < -0.39 is 0 Å². The van der Waals surface area contributed by atoms with Gasteiger partial charge in [-0.1, -0.05) is 33.1 Å². The predicted octanol–water partition coefficient (Wildman–Crippen LogP) is 3.79.